The molecule has 6 nitrogen and oxygen atoms in total. The van der Waals surface area contributed by atoms with E-state index < -0.39 is 23.2 Å². The molecule has 36 heavy (non-hydrogen) atoms. The minimum absolute atomic E-state index is 0.0470. The second-order valence-corrected chi connectivity index (χ2v) is 8.72. The summed E-state index contributed by atoms with van der Waals surface area (Å²) >= 11 is 0. The number of ether oxygens (including phenoxy) is 2. The van der Waals surface area contributed by atoms with Gasteiger partial charge in [0.15, 0.2) is 5.43 Å². The minimum atomic E-state index is -0.774. The van der Waals surface area contributed by atoms with Gasteiger partial charge in [-0.2, -0.15) is 0 Å². The Morgan fingerprint density at radius 1 is 0.972 bits per heavy atom. The molecule has 0 aliphatic carbocycles. The third-order valence-electron chi connectivity index (χ3n) is 6.37. The first-order valence-corrected chi connectivity index (χ1v) is 12.0. The number of hydrogen-bond donors (Lipinski definition) is 0. The number of hydrogen-bond acceptors (Lipinski definition) is 5. The van der Waals surface area contributed by atoms with Gasteiger partial charge in [-0.1, -0.05) is 31.9 Å². The van der Waals surface area contributed by atoms with Gasteiger partial charge in [0.25, 0.3) is 5.91 Å². The summed E-state index contributed by atoms with van der Waals surface area (Å²) in [4.78, 5) is 28.9. The van der Waals surface area contributed by atoms with Gasteiger partial charge in [-0.25, -0.2) is 4.39 Å². The summed E-state index contributed by atoms with van der Waals surface area (Å²) in [6.07, 6.45) is 3.09. The van der Waals surface area contributed by atoms with Gasteiger partial charge in [-0.05, 0) is 66.6 Å². The molecular weight excluding hydrogens is 461 g/mol. The van der Waals surface area contributed by atoms with Crippen molar-refractivity contribution >= 4 is 22.6 Å². The fourth-order valence-electron chi connectivity index (χ4n) is 4.59. The molecule has 184 valence electrons. The minimum Gasteiger partial charge on any atom is -0.497 e. The van der Waals surface area contributed by atoms with E-state index in [1.807, 2.05) is 24.3 Å². The van der Waals surface area contributed by atoms with Crippen LogP contribution in [-0.4, -0.2) is 19.6 Å². The highest BCUT2D eigenvalue weighted by atomic mass is 19.1. The monoisotopic (exact) mass is 487 g/mol. The molecule has 0 saturated carbocycles. The summed E-state index contributed by atoms with van der Waals surface area (Å²) in [6, 6.07) is 17.3. The number of halogens is 1. The van der Waals surface area contributed by atoms with E-state index in [2.05, 4.69) is 6.92 Å². The Hall–Kier alpha value is -4.13. The molecule has 0 saturated heterocycles. The lowest BCUT2D eigenvalue weighted by Crippen LogP contribution is -2.29. The highest BCUT2D eigenvalue weighted by Crippen LogP contribution is 2.42. The van der Waals surface area contributed by atoms with Gasteiger partial charge >= 0.3 is 0 Å². The largest absolute Gasteiger partial charge is 0.497 e. The van der Waals surface area contributed by atoms with Crippen molar-refractivity contribution in [2.75, 3.05) is 18.6 Å². The summed E-state index contributed by atoms with van der Waals surface area (Å²) in [7, 11) is 1.56. The normalized spacial score (nSPS) is 14.8. The molecule has 3 aromatic carbocycles. The molecule has 1 unspecified atom stereocenters. The first-order chi connectivity index (χ1) is 17.5. The molecule has 7 heteroatoms. The predicted octanol–water partition coefficient (Wildman–Crippen LogP) is 6.26. The quantitative estimate of drug-likeness (QED) is 0.275. The standard InChI is InChI=1S/C29H26FNO5/c1-3-4-5-15-35-22-8-6-7-18(16-22)26-25-27(32)23-17-19(30)9-14-24(23)36-28(25)29(33)31(26)20-10-12-21(34-2)13-11-20/h6-14,16-17,26H,3-5,15H2,1-2H3. The van der Waals surface area contributed by atoms with E-state index in [9.17, 15) is 14.0 Å². The van der Waals surface area contributed by atoms with Crippen LogP contribution in [0.4, 0.5) is 10.1 Å². The van der Waals surface area contributed by atoms with E-state index in [1.165, 1.54) is 17.0 Å². The van der Waals surface area contributed by atoms with E-state index in [4.69, 9.17) is 13.9 Å². The Morgan fingerprint density at radius 2 is 1.78 bits per heavy atom. The van der Waals surface area contributed by atoms with Crippen LogP contribution < -0.4 is 19.8 Å². The fourth-order valence-corrected chi connectivity index (χ4v) is 4.59. The first-order valence-electron chi connectivity index (χ1n) is 12.0. The Labute approximate surface area is 207 Å². The van der Waals surface area contributed by atoms with Crippen LogP contribution >= 0.6 is 0 Å². The fraction of sp³-hybridized carbons (Fsp3) is 0.241. The molecule has 1 amide bonds. The molecule has 1 aromatic heterocycles. The zero-order chi connectivity index (χ0) is 25.2. The summed E-state index contributed by atoms with van der Waals surface area (Å²) < 4.78 is 31.1. The number of unbranched alkanes of at least 4 members (excludes halogenated alkanes) is 2. The van der Waals surface area contributed by atoms with Crippen molar-refractivity contribution in [1.29, 1.82) is 0 Å². The van der Waals surface area contributed by atoms with E-state index >= 15 is 0 Å². The van der Waals surface area contributed by atoms with Crippen LogP contribution in [0.3, 0.4) is 0 Å². The molecule has 1 aliphatic rings. The lowest BCUT2D eigenvalue weighted by molar-refractivity contribution is 0.0971. The van der Waals surface area contributed by atoms with E-state index in [-0.39, 0.29) is 22.3 Å². The topological polar surface area (TPSA) is 69.0 Å². The number of rotatable bonds is 8. The maximum absolute atomic E-state index is 14.0. The van der Waals surface area contributed by atoms with Crippen molar-refractivity contribution < 1.29 is 23.1 Å². The van der Waals surface area contributed by atoms with E-state index in [0.717, 1.165) is 25.3 Å². The molecular formula is C29H26FNO5. The Kier molecular flexibility index (Phi) is 6.46. The zero-order valence-electron chi connectivity index (χ0n) is 20.1. The van der Waals surface area contributed by atoms with Gasteiger partial charge < -0.3 is 13.9 Å². The van der Waals surface area contributed by atoms with Crippen molar-refractivity contribution in [3.05, 3.63) is 99.7 Å². The van der Waals surface area contributed by atoms with E-state index in [0.29, 0.717) is 29.4 Å². The molecule has 0 N–H and O–H groups in total. The number of nitrogens with zero attached hydrogens (tertiary/aromatic N) is 1. The maximum atomic E-state index is 14.0. The molecule has 0 fully saturated rings. The van der Waals surface area contributed by atoms with Crippen LogP contribution in [0.5, 0.6) is 11.5 Å². The van der Waals surface area contributed by atoms with Gasteiger partial charge in [0.1, 0.15) is 22.9 Å². The van der Waals surface area contributed by atoms with Crippen LogP contribution in [0, 0.1) is 5.82 Å². The van der Waals surface area contributed by atoms with Crippen LogP contribution in [0.15, 0.2) is 75.9 Å². The summed E-state index contributed by atoms with van der Waals surface area (Å²) in [6.45, 7) is 2.70. The van der Waals surface area contributed by atoms with Crippen molar-refractivity contribution in [2.45, 2.75) is 32.2 Å². The van der Waals surface area contributed by atoms with Crippen LogP contribution in [-0.2, 0) is 0 Å². The Bertz CT molecular complexity index is 1480. The summed E-state index contributed by atoms with van der Waals surface area (Å²) in [5, 5.41) is 0.0927. The summed E-state index contributed by atoms with van der Waals surface area (Å²) in [5.41, 5.74) is 1.17. The van der Waals surface area contributed by atoms with Crippen LogP contribution in [0.2, 0.25) is 0 Å². The van der Waals surface area contributed by atoms with Crippen LogP contribution in [0.25, 0.3) is 11.0 Å². The van der Waals surface area contributed by atoms with Crippen molar-refractivity contribution in [3.63, 3.8) is 0 Å². The van der Waals surface area contributed by atoms with Crippen molar-refractivity contribution in [1.82, 2.24) is 0 Å². The number of anilines is 1. The highest BCUT2D eigenvalue weighted by molar-refractivity contribution is 6.10. The van der Waals surface area contributed by atoms with Crippen molar-refractivity contribution in [3.8, 4) is 11.5 Å². The number of fused-ring (bicyclic) bond motifs is 2. The van der Waals surface area contributed by atoms with Gasteiger partial charge in [0, 0.05) is 5.69 Å². The SMILES string of the molecule is CCCCCOc1cccc(C2c3c(oc4ccc(F)cc4c3=O)C(=O)N2c2ccc(OC)cc2)c1. The Balaban J connectivity index is 1.66. The lowest BCUT2D eigenvalue weighted by atomic mass is 9.98. The third-order valence-corrected chi connectivity index (χ3v) is 6.37. The van der Waals surface area contributed by atoms with E-state index in [1.54, 1.807) is 31.4 Å². The number of amides is 1. The van der Waals surface area contributed by atoms with Crippen LogP contribution in [0.1, 0.15) is 53.9 Å². The molecule has 2 heterocycles. The number of methoxy groups -OCH3 is 1. The second-order valence-electron chi connectivity index (χ2n) is 8.72. The zero-order valence-corrected chi connectivity index (χ0v) is 20.1. The molecule has 1 atom stereocenters. The number of carbonyl (C=O) groups is 1. The molecule has 5 rings (SSSR count). The number of carbonyl (C=O) groups excluding carboxylic acids is 1. The molecule has 0 bridgehead atoms. The lowest BCUT2D eigenvalue weighted by Gasteiger charge is -2.25. The molecule has 0 radical (unpaired) electrons. The Morgan fingerprint density at radius 3 is 2.53 bits per heavy atom. The smallest absolute Gasteiger partial charge is 0.295 e. The average molecular weight is 488 g/mol. The molecule has 1 aliphatic heterocycles. The van der Waals surface area contributed by atoms with Gasteiger partial charge in [-0.15, -0.1) is 0 Å². The molecule has 0 spiro atoms. The first kappa shape index (κ1) is 23.6. The average Bonchev–Trinajstić information content (AvgIpc) is 3.19. The number of benzene rings is 3. The van der Waals surface area contributed by atoms with Gasteiger partial charge in [0.2, 0.25) is 5.76 Å². The predicted molar refractivity (Wildman–Crippen MR) is 136 cm³/mol. The van der Waals surface area contributed by atoms with Gasteiger partial charge in [-0.3, -0.25) is 14.5 Å². The highest BCUT2D eigenvalue weighted by Gasteiger charge is 2.43. The van der Waals surface area contributed by atoms with Gasteiger partial charge in [0.05, 0.1) is 30.7 Å². The third kappa shape index (κ3) is 4.21. The maximum Gasteiger partial charge on any atom is 0.295 e. The summed E-state index contributed by atoms with van der Waals surface area (Å²) in [5.74, 6) is 0.241. The molecule has 4 aromatic rings. The van der Waals surface area contributed by atoms with Crippen molar-refractivity contribution in [2.24, 2.45) is 0 Å². The second kappa shape index (κ2) is 9.85.